The van der Waals surface area contributed by atoms with E-state index in [-0.39, 0.29) is 6.10 Å². The van der Waals surface area contributed by atoms with Crippen molar-refractivity contribution in [2.45, 2.75) is 31.9 Å². The molecule has 2 rings (SSSR count). The zero-order valence-corrected chi connectivity index (χ0v) is 11.4. The van der Waals surface area contributed by atoms with Gasteiger partial charge in [-0.3, -0.25) is 0 Å². The molecule has 17 heavy (non-hydrogen) atoms. The van der Waals surface area contributed by atoms with Crippen LogP contribution in [0, 0.1) is 0 Å². The van der Waals surface area contributed by atoms with E-state index in [2.05, 4.69) is 15.9 Å². The fraction of sp³-hybridized carbons (Fsp3) is 0.538. The van der Waals surface area contributed by atoms with Crippen molar-refractivity contribution in [1.29, 1.82) is 0 Å². The lowest BCUT2D eigenvalue weighted by molar-refractivity contribution is -0.0110. The van der Waals surface area contributed by atoms with Crippen LogP contribution in [0.4, 0.5) is 0 Å². The standard InChI is InChI=1S/C13H18BrNO2/c14-11-5-10(8-15)6-13(7-11)17-9-12-3-1-2-4-16-12/h5-7,12H,1-4,8-9,15H2. The topological polar surface area (TPSA) is 44.5 Å². The number of hydrogen-bond donors (Lipinski definition) is 1. The lowest BCUT2D eigenvalue weighted by atomic mass is 10.1. The molecule has 1 fully saturated rings. The fourth-order valence-corrected chi connectivity index (χ4v) is 2.47. The van der Waals surface area contributed by atoms with Crippen LogP contribution in [-0.4, -0.2) is 19.3 Å². The first-order chi connectivity index (χ1) is 8.28. The molecule has 1 heterocycles. The molecule has 1 aromatic carbocycles. The van der Waals surface area contributed by atoms with Crippen LogP contribution in [-0.2, 0) is 11.3 Å². The van der Waals surface area contributed by atoms with Gasteiger partial charge in [0, 0.05) is 17.6 Å². The summed E-state index contributed by atoms with van der Waals surface area (Å²) in [5, 5.41) is 0. The normalized spacial score (nSPS) is 20.2. The van der Waals surface area contributed by atoms with Crippen LogP contribution in [0.1, 0.15) is 24.8 Å². The molecule has 94 valence electrons. The fourth-order valence-electron chi connectivity index (χ4n) is 1.95. The molecule has 4 heteroatoms. The van der Waals surface area contributed by atoms with Crippen molar-refractivity contribution in [3.05, 3.63) is 28.2 Å². The number of ether oxygens (including phenoxy) is 2. The predicted molar refractivity (Wildman–Crippen MR) is 71.1 cm³/mol. The highest BCUT2D eigenvalue weighted by Gasteiger charge is 2.14. The van der Waals surface area contributed by atoms with Gasteiger partial charge >= 0.3 is 0 Å². The summed E-state index contributed by atoms with van der Waals surface area (Å²) in [6.07, 6.45) is 3.74. The maximum atomic E-state index is 5.76. The number of rotatable bonds is 4. The van der Waals surface area contributed by atoms with E-state index in [1.165, 1.54) is 12.8 Å². The minimum absolute atomic E-state index is 0.240. The van der Waals surface area contributed by atoms with Gasteiger partial charge in [-0.25, -0.2) is 0 Å². The monoisotopic (exact) mass is 299 g/mol. The second kappa shape index (κ2) is 6.38. The predicted octanol–water partition coefficient (Wildman–Crippen LogP) is 2.86. The summed E-state index contributed by atoms with van der Waals surface area (Å²) in [5.74, 6) is 0.856. The second-order valence-electron chi connectivity index (χ2n) is 4.30. The van der Waals surface area contributed by atoms with E-state index in [0.29, 0.717) is 13.2 Å². The highest BCUT2D eigenvalue weighted by atomic mass is 79.9. The summed E-state index contributed by atoms with van der Waals surface area (Å²) in [6, 6.07) is 5.94. The average molecular weight is 300 g/mol. The van der Waals surface area contributed by atoms with Crippen molar-refractivity contribution in [2.75, 3.05) is 13.2 Å². The molecule has 0 amide bonds. The molecule has 0 radical (unpaired) electrons. The third kappa shape index (κ3) is 3.98. The van der Waals surface area contributed by atoms with Gasteiger partial charge in [0.05, 0.1) is 6.10 Å². The number of halogens is 1. The maximum absolute atomic E-state index is 5.76. The van der Waals surface area contributed by atoms with Crippen molar-refractivity contribution in [3.8, 4) is 5.75 Å². The van der Waals surface area contributed by atoms with Gasteiger partial charge in [0.15, 0.2) is 0 Å². The van der Waals surface area contributed by atoms with E-state index < -0.39 is 0 Å². The van der Waals surface area contributed by atoms with Gasteiger partial charge in [0.1, 0.15) is 12.4 Å². The van der Waals surface area contributed by atoms with Crippen molar-refractivity contribution < 1.29 is 9.47 Å². The van der Waals surface area contributed by atoms with E-state index in [4.69, 9.17) is 15.2 Å². The Balaban J connectivity index is 1.91. The summed E-state index contributed by atoms with van der Waals surface area (Å²) >= 11 is 3.45. The largest absolute Gasteiger partial charge is 0.491 e. The molecule has 0 saturated carbocycles. The van der Waals surface area contributed by atoms with Crippen LogP contribution in [0.3, 0.4) is 0 Å². The van der Waals surface area contributed by atoms with Crippen molar-refractivity contribution >= 4 is 15.9 Å². The maximum Gasteiger partial charge on any atom is 0.120 e. The quantitative estimate of drug-likeness (QED) is 0.930. The Bertz CT molecular complexity index is 364. The zero-order valence-electron chi connectivity index (χ0n) is 9.82. The van der Waals surface area contributed by atoms with Crippen LogP contribution >= 0.6 is 15.9 Å². The summed E-state index contributed by atoms with van der Waals surface area (Å²) in [7, 11) is 0. The molecule has 0 aromatic heterocycles. The molecular formula is C13H18BrNO2. The Morgan fingerprint density at radius 3 is 2.94 bits per heavy atom. The van der Waals surface area contributed by atoms with E-state index in [9.17, 15) is 0 Å². The molecule has 1 aliphatic rings. The van der Waals surface area contributed by atoms with Crippen LogP contribution in [0.5, 0.6) is 5.75 Å². The van der Waals surface area contributed by atoms with Gasteiger partial charge in [-0.1, -0.05) is 15.9 Å². The highest BCUT2D eigenvalue weighted by molar-refractivity contribution is 9.10. The van der Waals surface area contributed by atoms with Gasteiger partial charge in [0.2, 0.25) is 0 Å². The third-order valence-electron chi connectivity index (χ3n) is 2.88. The Morgan fingerprint density at radius 2 is 2.24 bits per heavy atom. The van der Waals surface area contributed by atoms with E-state index in [1.54, 1.807) is 0 Å². The van der Waals surface area contributed by atoms with Gasteiger partial charge in [-0.15, -0.1) is 0 Å². The van der Waals surface area contributed by atoms with Crippen LogP contribution in [0.2, 0.25) is 0 Å². The smallest absolute Gasteiger partial charge is 0.120 e. The van der Waals surface area contributed by atoms with Crippen molar-refractivity contribution in [2.24, 2.45) is 5.73 Å². The summed E-state index contributed by atoms with van der Waals surface area (Å²) in [5.41, 5.74) is 6.69. The SMILES string of the molecule is NCc1cc(Br)cc(OCC2CCCCO2)c1. The van der Waals surface area contributed by atoms with Gasteiger partial charge < -0.3 is 15.2 Å². The first kappa shape index (κ1) is 12.9. The third-order valence-corrected chi connectivity index (χ3v) is 3.33. The first-order valence-electron chi connectivity index (χ1n) is 6.02. The van der Waals surface area contributed by atoms with Crippen LogP contribution in [0.15, 0.2) is 22.7 Å². The molecule has 0 spiro atoms. The molecule has 1 atom stereocenters. The molecule has 0 aliphatic carbocycles. The molecule has 1 aliphatic heterocycles. The van der Waals surface area contributed by atoms with E-state index >= 15 is 0 Å². The van der Waals surface area contributed by atoms with Gasteiger partial charge in [0.25, 0.3) is 0 Å². The molecule has 1 aromatic rings. The minimum atomic E-state index is 0.240. The summed E-state index contributed by atoms with van der Waals surface area (Å²) in [6.45, 7) is 2.01. The molecule has 3 nitrogen and oxygen atoms in total. The van der Waals surface area contributed by atoms with Gasteiger partial charge in [-0.05, 0) is 43.0 Å². The van der Waals surface area contributed by atoms with E-state index in [1.807, 2.05) is 18.2 Å². The molecule has 1 unspecified atom stereocenters. The minimum Gasteiger partial charge on any atom is -0.491 e. The molecule has 1 saturated heterocycles. The van der Waals surface area contributed by atoms with Crippen molar-refractivity contribution in [1.82, 2.24) is 0 Å². The van der Waals surface area contributed by atoms with Gasteiger partial charge in [-0.2, -0.15) is 0 Å². The number of nitrogens with two attached hydrogens (primary N) is 1. The van der Waals surface area contributed by atoms with Crippen LogP contribution < -0.4 is 10.5 Å². The lowest BCUT2D eigenvalue weighted by Crippen LogP contribution is -2.25. The molecule has 2 N–H and O–H groups in total. The Labute approximate surface area is 110 Å². The lowest BCUT2D eigenvalue weighted by Gasteiger charge is -2.22. The van der Waals surface area contributed by atoms with Crippen LogP contribution in [0.25, 0.3) is 0 Å². The average Bonchev–Trinajstić information content (AvgIpc) is 2.37. The first-order valence-corrected chi connectivity index (χ1v) is 6.81. The number of benzene rings is 1. The highest BCUT2D eigenvalue weighted by Crippen LogP contribution is 2.22. The van der Waals surface area contributed by atoms with Crippen molar-refractivity contribution in [3.63, 3.8) is 0 Å². The Morgan fingerprint density at radius 1 is 1.35 bits per heavy atom. The Kier molecular flexibility index (Phi) is 4.83. The zero-order chi connectivity index (χ0) is 12.1. The summed E-state index contributed by atoms with van der Waals surface area (Å²) < 4.78 is 12.4. The molecule has 0 bridgehead atoms. The Hall–Kier alpha value is -0.580. The van der Waals surface area contributed by atoms with E-state index in [0.717, 1.165) is 28.8 Å². The molecular weight excluding hydrogens is 282 g/mol. The number of hydrogen-bond acceptors (Lipinski definition) is 3. The second-order valence-corrected chi connectivity index (χ2v) is 5.21. The summed E-state index contributed by atoms with van der Waals surface area (Å²) in [4.78, 5) is 0.